The van der Waals surface area contributed by atoms with Crippen molar-refractivity contribution in [1.82, 2.24) is 0 Å². The van der Waals surface area contributed by atoms with E-state index in [2.05, 4.69) is 4.72 Å². The van der Waals surface area contributed by atoms with Gasteiger partial charge < -0.3 is 4.74 Å². The number of nitrogens with one attached hydrogen (secondary N) is 1. The lowest BCUT2D eigenvalue weighted by Gasteiger charge is -2.10. The van der Waals surface area contributed by atoms with Crippen LogP contribution in [0.3, 0.4) is 0 Å². The van der Waals surface area contributed by atoms with Crippen molar-refractivity contribution >= 4 is 17.0 Å². The van der Waals surface area contributed by atoms with Gasteiger partial charge in [0.25, 0.3) is 11.3 Å². The minimum absolute atomic E-state index is 0.470. The van der Waals surface area contributed by atoms with E-state index in [0.717, 1.165) is 0 Å². The molecule has 5 heteroatoms. The number of benzene rings is 2. The van der Waals surface area contributed by atoms with E-state index in [1.165, 1.54) is 0 Å². The fourth-order valence-electron chi connectivity index (χ4n) is 1.35. The van der Waals surface area contributed by atoms with Gasteiger partial charge in [-0.15, -0.1) is 0 Å². The predicted octanol–water partition coefficient (Wildman–Crippen LogP) is 3.03. The van der Waals surface area contributed by atoms with Gasteiger partial charge in [0.05, 0.1) is 5.69 Å². The Morgan fingerprint density at radius 2 is 1.65 bits per heavy atom. The summed E-state index contributed by atoms with van der Waals surface area (Å²) in [5.74, 6) is 1.17. The Hall–Kier alpha value is -1.85. The summed E-state index contributed by atoms with van der Waals surface area (Å²) in [4.78, 5) is 0. The Balaban J connectivity index is 2.23. The van der Waals surface area contributed by atoms with Gasteiger partial charge in [-0.25, -0.2) is 4.21 Å². The maximum atomic E-state index is 10.7. The van der Waals surface area contributed by atoms with Gasteiger partial charge in [0.15, 0.2) is 5.75 Å². The van der Waals surface area contributed by atoms with Crippen LogP contribution in [0.2, 0.25) is 0 Å². The molecule has 0 spiro atoms. The number of hydrogen-bond donors (Lipinski definition) is 2. The zero-order valence-electron chi connectivity index (χ0n) is 8.87. The average Bonchev–Trinajstić information content (AvgIpc) is 2.32. The molecular weight excluding hydrogens is 238 g/mol. The molecule has 2 aromatic carbocycles. The molecule has 1 atom stereocenters. The molecular formula is C12H11NO3S. The van der Waals surface area contributed by atoms with Crippen molar-refractivity contribution < 1.29 is 13.5 Å². The zero-order valence-corrected chi connectivity index (χ0v) is 9.68. The quantitative estimate of drug-likeness (QED) is 0.819. The number of ether oxygens (including phenoxy) is 1. The molecule has 88 valence electrons. The molecule has 0 aliphatic carbocycles. The highest BCUT2D eigenvalue weighted by Gasteiger charge is 2.05. The van der Waals surface area contributed by atoms with Crippen molar-refractivity contribution in [3.63, 3.8) is 0 Å². The minimum Gasteiger partial charge on any atom is -0.455 e. The molecule has 0 aliphatic heterocycles. The fraction of sp³-hybridized carbons (Fsp3) is 0. The van der Waals surface area contributed by atoms with Crippen LogP contribution in [0.5, 0.6) is 11.5 Å². The van der Waals surface area contributed by atoms with Crippen molar-refractivity contribution in [1.29, 1.82) is 0 Å². The second kappa shape index (κ2) is 5.47. The predicted molar refractivity (Wildman–Crippen MR) is 67.4 cm³/mol. The summed E-state index contributed by atoms with van der Waals surface area (Å²) in [5.41, 5.74) is 0.470. The second-order valence-electron chi connectivity index (χ2n) is 3.26. The van der Waals surface area contributed by atoms with Crippen LogP contribution in [0.1, 0.15) is 0 Å². The highest BCUT2D eigenvalue weighted by Crippen LogP contribution is 2.29. The number of hydrogen-bond acceptors (Lipinski definition) is 2. The van der Waals surface area contributed by atoms with Crippen LogP contribution in [0.4, 0.5) is 5.69 Å². The molecule has 0 heterocycles. The van der Waals surface area contributed by atoms with Gasteiger partial charge in [-0.2, -0.15) is 0 Å². The monoisotopic (exact) mass is 249 g/mol. The van der Waals surface area contributed by atoms with Gasteiger partial charge in [0.1, 0.15) is 5.75 Å². The first-order valence-corrected chi connectivity index (χ1v) is 6.06. The number of anilines is 1. The van der Waals surface area contributed by atoms with Crippen LogP contribution in [-0.2, 0) is 11.3 Å². The van der Waals surface area contributed by atoms with Gasteiger partial charge in [-0.1, -0.05) is 30.3 Å². The molecule has 0 aliphatic rings. The van der Waals surface area contributed by atoms with E-state index in [1.54, 1.807) is 24.3 Å². The Morgan fingerprint density at radius 1 is 1.00 bits per heavy atom. The second-order valence-corrected chi connectivity index (χ2v) is 3.96. The first-order valence-electron chi connectivity index (χ1n) is 4.95. The van der Waals surface area contributed by atoms with Gasteiger partial charge in [-0.3, -0.25) is 9.27 Å². The van der Waals surface area contributed by atoms with Crippen LogP contribution >= 0.6 is 0 Å². The van der Waals surface area contributed by atoms with Crippen LogP contribution in [0.15, 0.2) is 54.6 Å². The smallest absolute Gasteiger partial charge is 0.259 e. The van der Waals surface area contributed by atoms with Crippen LogP contribution in [0.25, 0.3) is 0 Å². The van der Waals surface area contributed by atoms with Crippen LogP contribution in [-0.4, -0.2) is 8.76 Å². The van der Waals surface area contributed by atoms with Crippen molar-refractivity contribution in [2.45, 2.75) is 0 Å². The third-order valence-corrected chi connectivity index (χ3v) is 2.45. The zero-order chi connectivity index (χ0) is 12.1. The summed E-state index contributed by atoms with van der Waals surface area (Å²) in [6, 6.07) is 16.2. The Labute approximate surface area is 102 Å². The van der Waals surface area contributed by atoms with Crippen LogP contribution in [0, 0.1) is 0 Å². The first-order chi connectivity index (χ1) is 8.25. The SMILES string of the molecule is O=S(O)Nc1ccccc1Oc1ccccc1. The normalized spacial score (nSPS) is 11.8. The number of para-hydroxylation sites is 3. The van der Waals surface area contributed by atoms with E-state index in [9.17, 15) is 4.21 Å². The molecule has 2 aromatic rings. The van der Waals surface area contributed by atoms with E-state index < -0.39 is 11.3 Å². The lowest BCUT2D eigenvalue weighted by Crippen LogP contribution is -2.03. The minimum atomic E-state index is -2.11. The molecule has 0 saturated heterocycles. The molecule has 0 fully saturated rings. The van der Waals surface area contributed by atoms with E-state index in [0.29, 0.717) is 17.2 Å². The largest absolute Gasteiger partial charge is 0.455 e. The highest BCUT2D eigenvalue weighted by atomic mass is 32.2. The van der Waals surface area contributed by atoms with Crippen molar-refractivity contribution in [3.8, 4) is 11.5 Å². The van der Waals surface area contributed by atoms with Crippen LogP contribution < -0.4 is 9.46 Å². The summed E-state index contributed by atoms with van der Waals surface area (Å²) in [5, 5.41) is 0. The Morgan fingerprint density at radius 3 is 2.35 bits per heavy atom. The fourth-order valence-corrected chi connectivity index (χ4v) is 1.71. The maximum absolute atomic E-state index is 10.7. The molecule has 0 aromatic heterocycles. The van der Waals surface area contributed by atoms with Gasteiger partial charge in [-0.05, 0) is 24.3 Å². The topological polar surface area (TPSA) is 58.6 Å². The molecule has 2 N–H and O–H groups in total. The third-order valence-electron chi connectivity index (χ3n) is 2.06. The maximum Gasteiger partial charge on any atom is 0.259 e. The van der Waals surface area contributed by atoms with Crippen molar-refractivity contribution in [3.05, 3.63) is 54.6 Å². The Kier molecular flexibility index (Phi) is 3.74. The van der Waals surface area contributed by atoms with E-state index in [-0.39, 0.29) is 0 Å². The molecule has 4 nitrogen and oxygen atoms in total. The molecule has 17 heavy (non-hydrogen) atoms. The standard InChI is InChI=1S/C12H11NO3S/c14-17(15)13-11-8-4-5-9-12(11)16-10-6-2-1-3-7-10/h1-9,13H,(H,14,15). The van der Waals surface area contributed by atoms with Crippen molar-refractivity contribution in [2.24, 2.45) is 0 Å². The lowest BCUT2D eigenvalue weighted by atomic mass is 10.3. The van der Waals surface area contributed by atoms with E-state index >= 15 is 0 Å². The Bertz CT molecular complexity index is 516. The molecule has 2 rings (SSSR count). The first kappa shape index (κ1) is 11.6. The third kappa shape index (κ3) is 3.30. The summed E-state index contributed by atoms with van der Waals surface area (Å²) in [6.07, 6.45) is 0. The van der Waals surface area contributed by atoms with Gasteiger partial charge in [0.2, 0.25) is 0 Å². The molecule has 0 saturated carbocycles. The summed E-state index contributed by atoms with van der Waals surface area (Å²) >= 11 is -2.11. The van der Waals surface area contributed by atoms with Gasteiger partial charge >= 0.3 is 0 Å². The number of rotatable bonds is 4. The molecule has 1 unspecified atom stereocenters. The summed E-state index contributed by atoms with van der Waals surface area (Å²) in [6.45, 7) is 0. The lowest BCUT2D eigenvalue weighted by molar-refractivity contribution is 0.484. The average molecular weight is 249 g/mol. The van der Waals surface area contributed by atoms with E-state index in [1.807, 2.05) is 30.3 Å². The molecule has 0 radical (unpaired) electrons. The van der Waals surface area contributed by atoms with Gasteiger partial charge in [0, 0.05) is 0 Å². The van der Waals surface area contributed by atoms with E-state index in [4.69, 9.17) is 9.29 Å². The summed E-state index contributed by atoms with van der Waals surface area (Å²) < 4.78 is 27.5. The summed E-state index contributed by atoms with van der Waals surface area (Å²) in [7, 11) is 0. The molecule has 0 amide bonds. The highest BCUT2D eigenvalue weighted by molar-refractivity contribution is 7.80. The van der Waals surface area contributed by atoms with Crippen molar-refractivity contribution in [2.75, 3.05) is 4.72 Å². The molecule has 0 bridgehead atoms.